The van der Waals surface area contributed by atoms with Gasteiger partial charge < -0.3 is 10.2 Å². The van der Waals surface area contributed by atoms with E-state index < -0.39 is 0 Å². The molecule has 4 nitrogen and oxygen atoms in total. The van der Waals surface area contributed by atoms with Gasteiger partial charge in [-0.15, -0.1) is 0 Å². The van der Waals surface area contributed by atoms with E-state index in [0.717, 1.165) is 43.2 Å². The number of anilines is 2. The Morgan fingerprint density at radius 3 is 2.92 bits per heavy atom. The van der Waals surface area contributed by atoms with Gasteiger partial charge in [0.05, 0.1) is 0 Å². The molecule has 26 heavy (non-hydrogen) atoms. The van der Waals surface area contributed by atoms with Crippen molar-refractivity contribution in [1.82, 2.24) is 5.32 Å². The number of hydrogen-bond donors (Lipinski definition) is 1. The van der Waals surface area contributed by atoms with Crippen LogP contribution in [0.1, 0.15) is 17.5 Å². The summed E-state index contributed by atoms with van der Waals surface area (Å²) in [5, 5.41) is 3.91. The second kappa shape index (κ2) is 7.20. The van der Waals surface area contributed by atoms with Gasteiger partial charge in [0.25, 0.3) is 0 Å². The second-order valence-corrected chi connectivity index (χ2v) is 7.68. The maximum atomic E-state index is 12.6. The molecule has 136 valence electrons. The van der Waals surface area contributed by atoms with Crippen LogP contribution in [0.25, 0.3) is 0 Å². The van der Waals surface area contributed by atoms with Gasteiger partial charge in [-0.1, -0.05) is 35.9 Å². The Morgan fingerprint density at radius 1 is 1.19 bits per heavy atom. The molecule has 5 heteroatoms. The topological polar surface area (TPSA) is 35.6 Å². The fourth-order valence-electron chi connectivity index (χ4n) is 4.02. The molecule has 2 aliphatic heterocycles. The second-order valence-electron chi connectivity index (χ2n) is 7.25. The highest BCUT2D eigenvalue weighted by Gasteiger charge is 2.27. The van der Waals surface area contributed by atoms with Crippen molar-refractivity contribution in [1.29, 1.82) is 0 Å². The average molecular weight is 370 g/mol. The van der Waals surface area contributed by atoms with E-state index in [-0.39, 0.29) is 6.03 Å². The van der Waals surface area contributed by atoms with Gasteiger partial charge in [0.2, 0.25) is 0 Å². The zero-order valence-electron chi connectivity index (χ0n) is 15.0. The molecule has 0 aromatic heterocycles. The van der Waals surface area contributed by atoms with Crippen LogP contribution in [0.3, 0.4) is 0 Å². The smallest absolute Gasteiger partial charge is 0.321 e. The van der Waals surface area contributed by atoms with Crippen LogP contribution in [0, 0.1) is 12.8 Å². The third-order valence-corrected chi connectivity index (χ3v) is 5.71. The fourth-order valence-corrected chi connectivity index (χ4v) is 4.18. The molecule has 2 aromatic rings. The predicted molar refractivity (Wildman–Crippen MR) is 107 cm³/mol. The van der Waals surface area contributed by atoms with Crippen LogP contribution < -0.4 is 15.1 Å². The zero-order chi connectivity index (χ0) is 18.1. The summed E-state index contributed by atoms with van der Waals surface area (Å²) in [6, 6.07) is 14.2. The summed E-state index contributed by atoms with van der Waals surface area (Å²) in [5.41, 5.74) is 4.76. The number of hydrogen-bond acceptors (Lipinski definition) is 2. The molecule has 1 N–H and O–H groups in total. The van der Waals surface area contributed by atoms with Gasteiger partial charge >= 0.3 is 6.03 Å². The van der Waals surface area contributed by atoms with E-state index in [2.05, 4.69) is 29.3 Å². The lowest BCUT2D eigenvalue weighted by Crippen LogP contribution is -2.41. The molecule has 1 saturated heterocycles. The largest absolute Gasteiger partial charge is 0.371 e. The van der Waals surface area contributed by atoms with Gasteiger partial charge in [-0.3, -0.25) is 4.90 Å². The fraction of sp³-hybridized carbons (Fsp3) is 0.381. The summed E-state index contributed by atoms with van der Waals surface area (Å²) in [6.07, 6.45) is 2.03. The average Bonchev–Trinajstić information content (AvgIpc) is 3.28. The summed E-state index contributed by atoms with van der Waals surface area (Å²) < 4.78 is 0. The van der Waals surface area contributed by atoms with E-state index in [9.17, 15) is 4.79 Å². The number of nitrogens with zero attached hydrogens (tertiary/aromatic N) is 2. The van der Waals surface area contributed by atoms with Gasteiger partial charge in [0.15, 0.2) is 0 Å². The lowest BCUT2D eigenvalue weighted by molar-refractivity contribution is 0.245. The maximum absolute atomic E-state index is 12.6. The highest BCUT2D eigenvalue weighted by Crippen LogP contribution is 2.30. The van der Waals surface area contributed by atoms with Gasteiger partial charge in [-0.25, -0.2) is 4.79 Å². The number of rotatable bonds is 3. The van der Waals surface area contributed by atoms with Gasteiger partial charge in [-0.2, -0.15) is 0 Å². The van der Waals surface area contributed by atoms with Crippen molar-refractivity contribution in [3.63, 3.8) is 0 Å². The van der Waals surface area contributed by atoms with Crippen LogP contribution in [-0.2, 0) is 6.42 Å². The predicted octanol–water partition coefficient (Wildman–Crippen LogP) is 4.25. The van der Waals surface area contributed by atoms with Crippen LogP contribution in [0.5, 0.6) is 0 Å². The minimum absolute atomic E-state index is 0.0207. The number of amides is 2. The van der Waals surface area contributed by atoms with Crippen LogP contribution >= 0.6 is 11.6 Å². The first kappa shape index (κ1) is 17.2. The van der Waals surface area contributed by atoms with Crippen LogP contribution in [0.4, 0.5) is 16.2 Å². The van der Waals surface area contributed by atoms with Crippen molar-refractivity contribution in [2.24, 2.45) is 5.92 Å². The molecule has 0 bridgehead atoms. The highest BCUT2D eigenvalue weighted by atomic mass is 35.5. The number of carbonyl (C=O) groups is 1. The monoisotopic (exact) mass is 369 g/mol. The molecule has 0 aliphatic carbocycles. The quantitative estimate of drug-likeness (QED) is 0.878. The van der Waals surface area contributed by atoms with Crippen molar-refractivity contribution < 1.29 is 4.79 Å². The molecule has 1 fully saturated rings. The minimum Gasteiger partial charge on any atom is -0.371 e. The molecular weight excluding hydrogens is 346 g/mol. The first-order valence-corrected chi connectivity index (χ1v) is 9.64. The first-order valence-electron chi connectivity index (χ1n) is 9.26. The molecule has 0 radical (unpaired) electrons. The summed E-state index contributed by atoms with van der Waals surface area (Å²) in [6.45, 7) is 5.56. The Labute approximate surface area is 159 Å². The first-order chi connectivity index (χ1) is 12.6. The van der Waals surface area contributed by atoms with E-state index in [1.807, 2.05) is 35.2 Å². The molecule has 4 rings (SSSR count). The summed E-state index contributed by atoms with van der Waals surface area (Å²) in [7, 11) is 0. The Kier molecular flexibility index (Phi) is 4.77. The molecule has 0 saturated carbocycles. The SMILES string of the molecule is Cc1ccc(Cl)cc1N1CCC(CNC(=O)N2CCc3ccccc32)C1. The summed E-state index contributed by atoms with van der Waals surface area (Å²) in [5.74, 6) is 0.468. The van der Waals surface area contributed by atoms with Crippen molar-refractivity contribution in [2.45, 2.75) is 19.8 Å². The number of urea groups is 1. The Morgan fingerprint density at radius 2 is 2.04 bits per heavy atom. The number of carbonyl (C=O) groups excluding carboxylic acids is 1. The molecular formula is C21H24ClN3O. The van der Waals surface area contributed by atoms with Crippen LogP contribution in [0.2, 0.25) is 5.02 Å². The van der Waals surface area contributed by atoms with Crippen LogP contribution in [-0.4, -0.2) is 32.2 Å². The van der Waals surface area contributed by atoms with E-state index >= 15 is 0 Å². The van der Waals surface area contributed by atoms with E-state index in [4.69, 9.17) is 11.6 Å². The van der Waals surface area contributed by atoms with Crippen LogP contribution in [0.15, 0.2) is 42.5 Å². The van der Waals surface area contributed by atoms with Gasteiger partial charge in [0.1, 0.15) is 0 Å². The Hall–Kier alpha value is -2.20. The molecule has 1 unspecified atom stereocenters. The third kappa shape index (κ3) is 3.38. The zero-order valence-corrected chi connectivity index (χ0v) is 15.8. The minimum atomic E-state index is 0.0207. The lowest BCUT2D eigenvalue weighted by Gasteiger charge is -2.22. The molecule has 2 amide bonds. The summed E-state index contributed by atoms with van der Waals surface area (Å²) >= 11 is 6.16. The third-order valence-electron chi connectivity index (χ3n) is 5.47. The number of fused-ring (bicyclic) bond motifs is 1. The standard InChI is InChI=1S/C21H24ClN3O/c1-15-6-7-18(22)12-20(15)24-10-8-16(14-24)13-23-21(26)25-11-9-17-4-2-3-5-19(17)25/h2-7,12,16H,8-11,13-14H2,1H3,(H,23,26). The van der Waals surface area contributed by atoms with E-state index in [1.54, 1.807) is 0 Å². The Bertz CT molecular complexity index is 823. The molecule has 2 aliphatic rings. The number of halogens is 1. The van der Waals surface area contributed by atoms with E-state index in [0.29, 0.717) is 12.5 Å². The number of para-hydroxylation sites is 1. The number of nitrogens with one attached hydrogen (secondary N) is 1. The van der Waals surface area contributed by atoms with Crippen molar-refractivity contribution in [3.8, 4) is 0 Å². The highest BCUT2D eigenvalue weighted by molar-refractivity contribution is 6.30. The van der Waals surface area contributed by atoms with Gasteiger partial charge in [0, 0.05) is 42.6 Å². The Balaban J connectivity index is 1.34. The summed E-state index contributed by atoms with van der Waals surface area (Å²) in [4.78, 5) is 16.8. The molecule has 2 heterocycles. The van der Waals surface area contributed by atoms with E-state index in [1.165, 1.54) is 16.8 Å². The van der Waals surface area contributed by atoms with Crippen molar-refractivity contribution >= 4 is 29.0 Å². The maximum Gasteiger partial charge on any atom is 0.321 e. The lowest BCUT2D eigenvalue weighted by atomic mass is 10.1. The number of aryl methyl sites for hydroxylation is 1. The van der Waals surface area contributed by atoms with Gasteiger partial charge in [-0.05, 0) is 55.0 Å². The molecule has 1 atom stereocenters. The normalized spacial score (nSPS) is 18.9. The van der Waals surface area contributed by atoms with Crippen molar-refractivity contribution in [2.75, 3.05) is 36.0 Å². The van der Waals surface area contributed by atoms with Crippen molar-refractivity contribution in [3.05, 3.63) is 58.6 Å². The molecule has 2 aromatic carbocycles. The molecule has 0 spiro atoms. The number of benzene rings is 2.